The number of ether oxygens (including phenoxy) is 1. The molecule has 104 valence electrons. The highest BCUT2D eigenvalue weighted by Crippen LogP contribution is 2.21. The van der Waals surface area contributed by atoms with Crippen LogP contribution < -0.4 is 11.5 Å². The minimum Gasteiger partial charge on any atom is -0.478 e. The second-order valence-electron chi connectivity index (χ2n) is 5.16. The number of rotatable bonds is 3. The van der Waals surface area contributed by atoms with Crippen LogP contribution in [0.3, 0.4) is 0 Å². The molecule has 19 heavy (non-hydrogen) atoms. The molecule has 1 atom stereocenters. The summed E-state index contributed by atoms with van der Waals surface area (Å²) in [6.45, 7) is 5.18. The highest BCUT2D eigenvalue weighted by Gasteiger charge is 2.24. The van der Waals surface area contributed by atoms with E-state index in [0.29, 0.717) is 5.56 Å². The molecule has 0 aliphatic heterocycles. The standard InChI is InChI=1S/C13H18N2O4/c1-13(2,3)19-12(18)10(15)7-4-5-9(14)8(6-7)11(16)17/h4-6,10H,14-15H2,1-3H3,(H,16,17). The Morgan fingerprint density at radius 3 is 2.37 bits per heavy atom. The first-order valence-corrected chi connectivity index (χ1v) is 5.73. The van der Waals surface area contributed by atoms with E-state index in [1.807, 2.05) is 0 Å². The first kappa shape index (κ1) is 15.0. The van der Waals surface area contributed by atoms with E-state index >= 15 is 0 Å². The third-order valence-electron chi connectivity index (χ3n) is 2.33. The molecule has 1 aromatic rings. The summed E-state index contributed by atoms with van der Waals surface area (Å²) < 4.78 is 5.14. The number of hydrogen-bond acceptors (Lipinski definition) is 5. The van der Waals surface area contributed by atoms with Gasteiger partial charge >= 0.3 is 11.9 Å². The number of carboxylic acid groups (broad SMARTS) is 1. The molecule has 0 aliphatic rings. The average molecular weight is 266 g/mol. The normalized spacial score (nSPS) is 12.8. The number of nitrogen functional groups attached to an aromatic ring is 1. The van der Waals surface area contributed by atoms with E-state index in [1.165, 1.54) is 18.2 Å². The van der Waals surface area contributed by atoms with Crippen molar-refractivity contribution in [3.8, 4) is 0 Å². The third kappa shape index (κ3) is 3.96. The molecule has 0 fully saturated rings. The van der Waals surface area contributed by atoms with E-state index in [0.717, 1.165) is 0 Å². The van der Waals surface area contributed by atoms with Gasteiger partial charge < -0.3 is 21.3 Å². The van der Waals surface area contributed by atoms with Crippen LogP contribution in [-0.4, -0.2) is 22.6 Å². The van der Waals surface area contributed by atoms with Gasteiger partial charge in [-0.3, -0.25) is 0 Å². The zero-order valence-electron chi connectivity index (χ0n) is 11.1. The summed E-state index contributed by atoms with van der Waals surface area (Å²) in [4.78, 5) is 22.8. The molecule has 1 aromatic carbocycles. The molecule has 0 aromatic heterocycles. The average Bonchev–Trinajstić information content (AvgIpc) is 2.26. The summed E-state index contributed by atoms with van der Waals surface area (Å²) in [6, 6.07) is 3.16. The maximum atomic E-state index is 11.8. The molecule has 0 amide bonds. The summed E-state index contributed by atoms with van der Waals surface area (Å²) in [7, 11) is 0. The second-order valence-corrected chi connectivity index (χ2v) is 5.16. The van der Waals surface area contributed by atoms with Crippen molar-refractivity contribution in [3.63, 3.8) is 0 Å². The Bertz CT molecular complexity index is 506. The zero-order valence-corrected chi connectivity index (χ0v) is 11.1. The number of carbonyl (C=O) groups is 2. The Morgan fingerprint density at radius 2 is 1.89 bits per heavy atom. The van der Waals surface area contributed by atoms with Crippen LogP contribution in [0.2, 0.25) is 0 Å². The lowest BCUT2D eigenvalue weighted by Gasteiger charge is -2.22. The Kier molecular flexibility index (Phi) is 4.16. The Balaban J connectivity index is 3.00. The highest BCUT2D eigenvalue weighted by atomic mass is 16.6. The van der Waals surface area contributed by atoms with Gasteiger partial charge in [-0.1, -0.05) is 6.07 Å². The van der Waals surface area contributed by atoms with Crippen LogP contribution in [0, 0.1) is 0 Å². The summed E-state index contributed by atoms with van der Waals surface area (Å²) in [5.74, 6) is -1.79. The fraction of sp³-hybridized carbons (Fsp3) is 0.385. The number of carboxylic acids is 1. The van der Waals surface area contributed by atoms with E-state index in [2.05, 4.69) is 0 Å². The number of carbonyl (C=O) groups excluding carboxylic acids is 1. The minimum absolute atomic E-state index is 0.0866. The van der Waals surface area contributed by atoms with Crippen molar-refractivity contribution in [2.75, 3.05) is 5.73 Å². The van der Waals surface area contributed by atoms with Crippen molar-refractivity contribution in [3.05, 3.63) is 29.3 Å². The fourth-order valence-electron chi connectivity index (χ4n) is 1.45. The summed E-state index contributed by atoms with van der Waals surface area (Å²) in [5.41, 5.74) is 11.0. The van der Waals surface area contributed by atoms with Crippen molar-refractivity contribution in [2.24, 2.45) is 5.73 Å². The monoisotopic (exact) mass is 266 g/mol. The SMILES string of the molecule is CC(C)(C)OC(=O)C(N)c1ccc(N)c(C(=O)O)c1. The molecule has 0 heterocycles. The van der Waals surface area contributed by atoms with Crippen LogP contribution in [-0.2, 0) is 9.53 Å². The molecule has 0 radical (unpaired) electrons. The van der Waals surface area contributed by atoms with Gasteiger partial charge in [0.15, 0.2) is 0 Å². The molecule has 5 N–H and O–H groups in total. The van der Waals surface area contributed by atoms with E-state index in [4.69, 9.17) is 21.3 Å². The first-order valence-electron chi connectivity index (χ1n) is 5.73. The fourth-order valence-corrected chi connectivity index (χ4v) is 1.45. The predicted octanol–water partition coefficient (Wildman–Crippen LogP) is 1.31. The largest absolute Gasteiger partial charge is 0.478 e. The molecular weight excluding hydrogens is 248 g/mol. The molecule has 6 nitrogen and oxygen atoms in total. The molecule has 1 unspecified atom stereocenters. The van der Waals surface area contributed by atoms with Crippen LogP contribution >= 0.6 is 0 Å². The summed E-state index contributed by atoms with van der Waals surface area (Å²) in [5, 5.41) is 8.96. The predicted molar refractivity (Wildman–Crippen MR) is 70.6 cm³/mol. The van der Waals surface area contributed by atoms with Crippen LogP contribution in [0.15, 0.2) is 18.2 Å². The van der Waals surface area contributed by atoms with Crippen molar-refractivity contribution < 1.29 is 19.4 Å². The van der Waals surface area contributed by atoms with Gasteiger partial charge in [-0.15, -0.1) is 0 Å². The number of hydrogen-bond donors (Lipinski definition) is 3. The van der Waals surface area contributed by atoms with Gasteiger partial charge in [0.2, 0.25) is 0 Å². The topological polar surface area (TPSA) is 116 Å². The summed E-state index contributed by atoms with van der Waals surface area (Å²) in [6.07, 6.45) is 0. The molecule has 1 rings (SSSR count). The number of esters is 1. The number of aromatic carboxylic acids is 1. The van der Waals surface area contributed by atoms with Crippen molar-refractivity contribution >= 4 is 17.6 Å². The van der Waals surface area contributed by atoms with Crippen LogP contribution in [0.4, 0.5) is 5.69 Å². The third-order valence-corrected chi connectivity index (χ3v) is 2.33. The smallest absolute Gasteiger partial charge is 0.337 e. The number of nitrogens with two attached hydrogens (primary N) is 2. The number of anilines is 1. The molecular formula is C13H18N2O4. The quantitative estimate of drug-likeness (QED) is 0.561. The lowest BCUT2D eigenvalue weighted by molar-refractivity contribution is -0.156. The number of benzene rings is 1. The van der Waals surface area contributed by atoms with Crippen LogP contribution in [0.1, 0.15) is 42.7 Å². The van der Waals surface area contributed by atoms with Gasteiger partial charge in [-0.25, -0.2) is 9.59 Å². The van der Waals surface area contributed by atoms with Crippen molar-refractivity contribution in [1.29, 1.82) is 0 Å². The van der Waals surface area contributed by atoms with E-state index in [1.54, 1.807) is 20.8 Å². The van der Waals surface area contributed by atoms with Gasteiger partial charge in [-0.2, -0.15) is 0 Å². The lowest BCUT2D eigenvalue weighted by Crippen LogP contribution is -2.31. The highest BCUT2D eigenvalue weighted by molar-refractivity contribution is 5.94. The van der Waals surface area contributed by atoms with Gasteiger partial charge in [0.25, 0.3) is 0 Å². The first-order chi connectivity index (χ1) is 8.61. The van der Waals surface area contributed by atoms with Gasteiger partial charge in [0.05, 0.1) is 5.56 Å². The molecule has 0 saturated heterocycles. The van der Waals surface area contributed by atoms with E-state index < -0.39 is 23.6 Å². The van der Waals surface area contributed by atoms with Crippen molar-refractivity contribution in [2.45, 2.75) is 32.4 Å². The van der Waals surface area contributed by atoms with E-state index in [9.17, 15) is 9.59 Å². The molecule has 0 aliphatic carbocycles. The summed E-state index contributed by atoms with van der Waals surface area (Å²) >= 11 is 0. The second kappa shape index (κ2) is 5.27. The van der Waals surface area contributed by atoms with Gasteiger partial charge in [0.1, 0.15) is 11.6 Å². The maximum Gasteiger partial charge on any atom is 0.337 e. The van der Waals surface area contributed by atoms with Gasteiger partial charge in [0, 0.05) is 5.69 Å². The van der Waals surface area contributed by atoms with Gasteiger partial charge in [-0.05, 0) is 38.5 Å². The molecule has 0 spiro atoms. The zero-order chi connectivity index (χ0) is 14.8. The molecule has 6 heteroatoms. The van der Waals surface area contributed by atoms with Crippen molar-refractivity contribution in [1.82, 2.24) is 0 Å². The molecule has 0 saturated carbocycles. The minimum atomic E-state index is -1.17. The van der Waals surface area contributed by atoms with E-state index in [-0.39, 0.29) is 11.3 Å². The Labute approximate surface area is 111 Å². The molecule has 0 bridgehead atoms. The maximum absolute atomic E-state index is 11.8. The van der Waals surface area contributed by atoms with Crippen LogP contribution in [0.25, 0.3) is 0 Å². The lowest BCUT2D eigenvalue weighted by atomic mass is 10.0. The Hall–Kier alpha value is -2.08. The van der Waals surface area contributed by atoms with Crippen LogP contribution in [0.5, 0.6) is 0 Å². The Morgan fingerprint density at radius 1 is 1.32 bits per heavy atom.